The first-order valence-corrected chi connectivity index (χ1v) is 9.34. The molecule has 0 radical (unpaired) electrons. The van der Waals surface area contributed by atoms with Crippen LogP contribution in [0.4, 0.5) is 0 Å². The fourth-order valence-corrected chi connectivity index (χ4v) is 3.25. The Morgan fingerprint density at radius 2 is 1.53 bits per heavy atom. The van der Waals surface area contributed by atoms with E-state index in [2.05, 4.69) is 22.3 Å². The zero-order valence-corrected chi connectivity index (χ0v) is 15.9. The summed E-state index contributed by atoms with van der Waals surface area (Å²) in [6.45, 7) is 0. The maximum absolute atomic E-state index is 9.64. The van der Waals surface area contributed by atoms with Crippen molar-refractivity contribution in [2.45, 2.75) is 5.92 Å². The van der Waals surface area contributed by atoms with Crippen LogP contribution >= 0.6 is 0 Å². The van der Waals surface area contributed by atoms with Gasteiger partial charge in [0.1, 0.15) is 11.6 Å². The average Bonchev–Trinajstić information content (AvgIpc) is 3.28. The summed E-state index contributed by atoms with van der Waals surface area (Å²) in [4.78, 5) is 4.54. The van der Waals surface area contributed by atoms with E-state index in [1.165, 1.54) is 0 Å². The van der Waals surface area contributed by atoms with E-state index < -0.39 is 0 Å². The number of rotatable bonds is 5. The minimum atomic E-state index is -0.216. The molecule has 0 bridgehead atoms. The maximum Gasteiger partial charge on any atom is 0.268 e. The van der Waals surface area contributed by atoms with Crippen molar-refractivity contribution < 1.29 is 4.52 Å². The van der Waals surface area contributed by atoms with Gasteiger partial charge in [0, 0.05) is 0 Å². The van der Waals surface area contributed by atoms with Gasteiger partial charge >= 0.3 is 0 Å². The summed E-state index contributed by atoms with van der Waals surface area (Å²) >= 11 is 0. The second-order valence-corrected chi connectivity index (χ2v) is 6.62. The monoisotopic (exact) mass is 388 g/mol. The van der Waals surface area contributed by atoms with Crippen molar-refractivity contribution in [3.8, 4) is 12.1 Å². The Labute approximate surface area is 174 Å². The number of benzene rings is 3. The summed E-state index contributed by atoms with van der Waals surface area (Å²) in [6.07, 6.45) is 1.64. The normalized spacial score (nSPS) is 11.1. The van der Waals surface area contributed by atoms with Crippen LogP contribution in [0.1, 0.15) is 39.9 Å². The van der Waals surface area contributed by atoms with Crippen molar-refractivity contribution in [2.75, 3.05) is 0 Å². The van der Waals surface area contributed by atoms with Crippen LogP contribution in [0.25, 0.3) is 11.6 Å². The molecule has 0 amide bonds. The zero-order valence-electron chi connectivity index (χ0n) is 15.9. The highest BCUT2D eigenvalue weighted by molar-refractivity contribution is 5.86. The summed E-state index contributed by atoms with van der Waals surface area (Å²) < 4.78 is 5.45. The smallest absolute Gasteiger partial charge is 0.268 e. The third-order valence-electron chi connectivity index (χ3n) is 4.64. The first-order valence-electron chi connectivity index (χ1n) is 9.34. The van der Waals surface area contributed by atoms with Crippen LogP contribution in [0, 0.1) is 22.7 Å². The number of nitrogens with zero attached hydrogens (tertiary/aromatic N) is 4. The predicted molar refractivity (Wildman–Crippen MR) is 113 cm³/mol. The maximum atomic E-state index is 9.64. The molecule has 1 aromatic heterocycles. The summed E-state index contributed by atoms with van der Waals surface area (Å²) in [5, 5.41) is 22.9. The van der Waals surface area contributed by atoms with E-state index in [1.807, 2.05) is 66.7 Å². The van der Waals surface area contributed by atoms with Crippen molar-refractivity contribution in [3.05, 3.63) is 119 Å². The molecular weight excluding hydrogens is 372 g/mol. The highest BCUT2D eigenvalue weighted by Crippen LogP contribution is 2.30. The van der Waals surface area contributed by atoms with E-state index in [4.69, 9.17) is 9.78 Å². The molecule has 4 aromatic rings. The molecule has 0 fully saturated rings. The molecule has 30 heavy (non-hydrogen) atoms. The van der Waals surface area contributed by atoms with Crippen molar-refractivity contribution >= 4 is 11.6 Å². The van der Waals surface area contributed by atoms with Gasteiger partial charge in [-0.2, -0.15) is 15.5 Å². The minimum Gasteiger partial charge on any atom is -0.333 e. The molecule has 0 saturated carbocycles. The van der Waals surface area contributed by atoms with Gasteiger partial charge in [0.2, 0.25) is 0 Å². The Morgan fingerprint density at radius 1 is 0.867 bits per heavy atom. The third kappa shape index (κ3) is 4.01. The lowest BCUT2D eigenvalue weighted by Crippen LogP contribution is -2.05. The number of hydrogen-bond acceptors (Lipinski definition) is 5. The Balaban J connectivity index is 1.74. The van der Waals surface area contributed by atoms with Crippen molar-refractivity contribution in [3.63, 3.8) is 0 Å². The molecular formula is C25H16N4O. The lowest BCUT2D eigenvalue weighted by Gasteiger charge is -2.14. The number of allylic oxidation sites excluding steroid dienone is 1. The Bertz CT molecular complexity index is 1220. The molecule has 3 aromatic carbocycles. The second-order valence-electron chi connectivity index (χ2n) is 6.62. The van der Waals surface area contributed by atoms with Gasteiger partial charge in [-0.25, -0.2) is 0 Å². The van der Waals surface area contributed by atoms with Crippen LogP contribution in [0.5, 0.6) is 0 Å². The fourth-order valence-electron chi connectivity index (χ4n) is 3.25. The standard InChI is InChI=1S/C25H16N4O/c26-16-19-9-7-8-18(14-19)15-22(17-27)25-28-24(29-30-25)23(20-10-3-1-4-11-20)21-12-5-2-6-13-21/h1-15,23H/b22-15-. The molecule has 0 spiro atoms. The van der Waals surface area contributed by atoms with Gasteiger partial charge in [0.25, 0.3) is 5.89 Å². The second kappa shape index (κ2) is 8.68. The summed E-state index contributed by atoms with van der Waals surface area (Å²) in [7, 11) is 0. The minimum absolute atomic E-state index is 0.145. The Kier molecular flexibility index (Phi) is 5.46. The van der Waals surface area contributed by atoms with Crippen LogP contribution in [0.2, 0.25) is 0 Å². The molecule has 4 rings (SSSR count). The van der Waals surface area contributed by atoms with Crippen molar-refractivity contribution in [1.29, 1.82) is 10.5 Å². The van der Waals surface area contributed by atoms with Crippen LogP contribution in [0.15, 0.2) is 89.5 Å². The zero-order chi connectivity index (χ0) is 20.8. The molecule has 0 unspecified atom stereocenters. The van der Waals surface area contributed by atoms with E-state index in [-0.39, 0.29) is 17.4 Å². The quantitative estimate of drug-likeness (QED) is 0.439. The van der Waals surface area contributed by atoms with Crippen LogP contribution in [-0.4, -0.2) is 10.1 Å². The van der Waals surface area contributed by atoms with Gasteiger partial charge in [-0.3, -0.25) is 0 Å². The van der Waals surface area contributed by atoms with Gasteiger partial charge in [-0.05, 0) is 34.9 Å². The highest BCUT2D eigenvalue weighted by atomic mass is 16.5. The molecule has 142 valence electrons. The molecule has 1 heterocycles. The topological polar surface area (TPSA) is 86.5 Å². The lowest BCUT2D eigenvalue weighted by molar-refractivity contribution is 0.401. The number of hydrogen-bond donors (Lipinski definition) is 0. The van der Waals surface area contributed by atoms with Crippen LogP contribution in [0.3, 0.4) is 0 Å². The molecule has 0 aliphatic rings. The Morgan fingerprint density at radius 3 is 2.13 bits per heavy atom. The van der Waals surface area contributed by atoms with E-state index in [1.54, 1.807) is 24.3 Å². The van der Waals surface area contributed by atoms with Gasteiger partial charge in [0.15, 0.2) is 5.82 Å². The van der Waals surface area contributed by atoms with Gasteiger partial charge < -0.3 is 4.52 Å². The molecule has 0 aliphatic carbocycles. The SMILES string of the molecule is N#C/C(=C/c1cccc(C#N)c1)c1nc(C(c2ccccc2)c2ccccc2)no1. The summed E-state index contributed by atoms with van der Waals surface area (Å²) in [6, 6.07) is 31.0. The molecule has 5 heteroatoms. The Hall–Kier alpha value is -4.48. The third-order valence-corrected chi connectivity index (χ3v) is 4.64. The molecule has 0 saturated heterocycles. The summed E-state index contributed by atoms with van der Waals surface area (Å²) in [5.41, 5.74) is 3.53. The molecule has 0 N–H and O–H groups in total. The van der Waals surface area contributed by atoms with E-state index in [0.717, 1.165) is 11.1 Å². The largest absolute Gasteiger partial charge is 0.333 e. The lowest BCUT2D eigenvalue weighted by atomic mass is 9.91. The highest BCUT2D eigenvalue weighted by Gasteiger charge is 2.23. The van der Waals surface area contributed by atoms with E-state index in [9.17, 15) is 5.26 Å². The number of nitriles is 2. The average molecular weight is 388 g/mol. The first kappa shape index (κ1) is 18.9. The summed E-state index contributed by atoms with van der Waals surface area (Å²) in [5.74, 6) is 0.410. The van der Waals surface area contributed by atoms with Crippen LogP contribution in [-0.2, 0) is 0 Å². The van der Waals surface area contributed by atoms with Crippen molar-refractivity contribution in [2.24, 2.45) is 0 Å². The van der Waals surface area contributed by atoms with Gasteiger partial charge in [-0.15, -0.1) is 0 Å². The van der Waals surface area contributed by atoms with Crippen LogP contribution < -0.4 is 0 Å². The van der Waals surface area contributed by atoms with Crippen molar-refractivity contribution in [1.82, 2.24) is 10.1 Å². The first-order chi connectivity index (χ1) is 14.8. The van der Waals surface area contributed by atoms with Gasteiger partial charge in [0.05, 0.1) is 17.6 Å². The number of aromatic nitrogens is 2. The molecule has 5 nitrogen and oxygen atoms in total. The predicted octanol–water partition coefficient (Wildman–Crippen LogP) is 5.19. The van der Waals surface area contributed by atoms with E-state index in [0.29, 0.717) is 17.0 Å². The fraction of sp³-hybridized carbons (Fsp3) is 0.0400. The molecule has 0 atom stereocenters. The van der Waals surface area contributed by atoms with E-state index >= 15 is 0 Å². The molecule has 0 aliphatic heterocycles. The van der Waals surface area contributed by atoms with Gasteiger partial charge in [-0.1, -0.05) is 78.0 Å².